The average molecular weight is 351 g/mol. The van der Waals surface area contributed by atoms with Crippen LogP contribution in [0.4, 0.5) is 0 Å². The summed E-state index contributed by atoms with van der Waals surface area (Å²) < 4.78 is 5.75. The molecule has 0 saturated carbocycles. The van der Waals surface area contributed by atoms with Crippen LogP contribution < -0.4 is 4.74 Å². The fraction of sp³-hybridized carbons (Fsp3) is 0.188. The van der Waals surface area contributed by atoms with E-state index in [0.29, 0.717) is 22.9 Å². The SMILES string of the molecule is Cc1cc(C#N)ccc1COc1ccc(CBr)cc1Cl. The maximum atomic E-state index is 8.84. The number of alkyl halides is 1. The van der Waals surface area contributed by atoms with Crippen LogP contribution in [0.15, 0.2) is 36.4 Å². The standard InChI is InChI=1S/C16H13BrClNO/c1-11-6-13(9-19)2-4-14(11)10-20-16-5-3-12(8-17)7-15(16)18/h2-7H,8,10H2,1H3. The zero-order valence-electron chi connectivity index (χ0n) is 11.0. The maximum absolute atomic E-state index is 8.84. The number of nitrogens with zero attached hydrogens (tertiary/aromatic N) is 1. The molecule has 2 rings (SSSR count). The lowest BCUT2D eigenvalue weighted by Crippen LogP contribution is -1.99. The van der Waals surface area contributed by atoms with Gasteiger partial charge in [-0.15, -0.1) is 0 Å². The van der Waals surface area contributed by atoms with E-state index in [0.717, 1.165) is 22.0 Å². The van der Waals surface area contributed by atoms with E-state index in [-0.39, 0.29) is 0 Å². The zero-order chi connectivity index (χ0) is 14.5. The van der Waals surface area contributed by atoms with E-state index in [2.05, 4.69) is 22.0 Å². The topological polar surface area (TPSA) is 33.0 Å². The fourth-order valence-electron chi connectivity index (χ4n) is 1.83. The smallest absolute Gasteiger partial charge is 0.138 e. The van der Waals surface area contributed by atoms with Crippen molar-refractivity contribution in [1.82, 2.24) is 0 Å². The predicted molar refractivity (Wildman–Crippen MR) is 84.3 cm³/mol. The Balaban J connectivity index is 2.11. The molecular weight excluding hydrogens is 338 g/mol. The highest BCUT2D eigenvalue weighted by Crippen LogP contribution is 2.27. The summed E-state index contributed by atoms with van der Waals surface area (Å²) in [6.45, 7) is 2.40. The molecule has 0 aliphatic carbocycles. The number of rotatable bonds is 4. The lowest BCUT2D eigenvalue weighted by Gasteiger charge is -2.11. The molecule has 0 bridgehead atoms. The first-order valence-corrected chi connectivity index (χ1v) is 7.61. The molecule has 0 heterocycles. The van der Waals surface area contributed by atoms with Crippen molar-refractivity contribution in [2.45, 2.75) is 18.9 Å². The minimum atomic E-state index is 0.435. The normalized spacial score (nSPS) is 10.1. The molecule has 0 N–H and O–H groups in total. The van der Waals surface area contributed by atoms with Crippen LogP contribution in [0.2, 0.25) is 5.02 Å². The molecule has 2 aromatic rings. The van der Waals surface area contributed by atoms with Gasteiger partial charge in [-0.05, 0) is 47.9 Å². The molecule has 0 spiro atoms. The van der Waals surface area contributed by atoms with Crippen molar-refractivity contribution in [3.8, 4) is 11.8 Å². The number of benzene rings is 2. The first-order chi connectivity index (χ1) is 9.63. The predicted octanol–water partition coefficient (Wildman–Crippen LogP) is 4.99. The van der Waals surface area contributed by atoms with Gasteiger partial charge in [-0.1, -0.05) is 39.7 Å². The molecule has 0 amide bonds. The summed E-state index contributed by atoms with van der Waals surface area (Å²) in [6, 6.07) is 13.4. The van der Waals surface area contributed by atoms with Crippen LogP contribution in [-0.4, -0.2) is 0 Å². The van der Waals surface area contributed by atoms with Gasteiger partial charge in [0.25, 0.3) is 0 Å². The van der Waals surface area contributed by atoms with Crippen molar-refractivity contribution >= 4 is 27.5 Å². The summed E-state index contributed by atoms with van der Waals surface area (Å²) in [5.74, 6) is 0.667. The van der Waals surface area contributed by atoms with Gasteiger partial charge in [0, 0.05) is 5.33 Å². The second-order valence-corrected chi connectivity index (χ2v) is 5.41. The van der Waals surface area contributed by atoms with E-state index >= 15 is 0 Å². The van der Waals surface area contributed by atoms with Gasteiger partial charge < -0.3 is 4.74 Å². The molecule has 0 fully saturated rings. The van der Waals surface area contributed by atoms with Crippen LogP contribution in [0, 0.1) is 18.3 Å². The van der Waals surface area contributed by atoms with Crippen LogP contribution in [0.3, 0.4) is 0 Å². The Labute approximate surface area is 132 Å². The largest absolute Gasteiger partial charge is 0.487 e. The zero-order valence-corrected chi connectivity index (χ0v) is 13.3. The van der Waals surface area contributed by atoms with Crippen molar-refractivity contribution < 1.29 is 4.74 Å². The molecular formula is C16H13BrClNO. The van der Waals surface area contributed by atoms with Crippen molar-refractivity contribution in [1.29, 1.82) is 5.26 Å². The van der Waals surface area contributed by atoms with Gasteiger partial charge in [-0.25, -0.2) is 0 Å². The quantitative estimate of drug-likeness (QED) is 0.727. The summed E-state index contributed by atoms with van der Waals surface area (Å²) in [5.41, 5.74) is 3.85. The van der Waals surface area contributed by atoms with Crippen LogP contribution in [0.1, 0.15) is 22.3 Å². The van der Waals surface area contributed by atoms with Gasteiger partial charge in [0.2, 0.25) is 0 Å². The molecule has 102 valence electrons. The van der Waals surface area contributed by atoms with Gasteiger partial charge >= 0.3 is 0 Å². The second kappa shape index (κ2) is 6.78. The summed E-state index contributed by atoms with van der Waals surface area (Å²) in [4.78, 5) is 0. The Kier molecular flexibility index (Phi) is 5.05. The Morgan fingerprint density at radius 2 is 2.05 bits per heavy atom. The van der Waals surface area contributed by atoms with Crippen LogP contribution in [-0.2, 0) is 11.9 Å². The van der Waals surface area contributed by atoms with Crippen molar-refractivity contribution in [3.05, 3.63) is 63.7 Å². The molecule has 0 radical (unpaired) electrons. The minimum absolute atomic E-state index is 0.435. The van der Waals surface area contributed by atoms with E-state index < -0.39 is 0 Å². The molecule has 0 saturated heterocycles. The molecule has 20 heavy (non-hydrogen) atoms. The fourth-order valence-corrected chi connectivity index (χ4v) is 2.43. The van der Waals surface area contributed by atoms with Gasteiger partial charge in [-0.2, -0.15) is 5.26 Å². The summed E-state index contributed by atoms with van der Waals surface area (Å²) in [7, 11) is 0. The molecule has 0 aliphatic heterocycles. The minimum Gasteiger partial charge on any atom is -0.487 e. The molecule has 2 aromatic carbocycles. The third-order valence-electron chi connectivity index (χ3n) is 3.01. The van der Waals surface area contributed by atoms with E-state index in [1.807, 2.05) is 37.3 Å². The van der Waals surface area contributed by atoms with E-state index in [9.17, 15) is 0 Å². The first-order valence-electron chi connectivity index (χ1n) is 6.11. The summed E-state index contributed by atoms with van der Waals surface area (Å²) in [6.07, 6.45) is 0. The lowest BCUT2D eigenvalue weighted by atomic mass is 10.1. The third kappa shape index (κ3) is 3.53. The highest BCUT2D eigenvalue weighted by molar-refractivity contribution is 9.08. The number of nitriles is 1. The van der Waals surface area contributed by atoms with Gasteiger partial charge in [0.15, 0.2) is 0 Å². The Morgan fingerprint density at radius 1 is 1.25 bits per heavy atom. The van der Waals surface area contributed by atoms with Crippen molar-refractivity contribution in [2.24, 2.45) is 0 Å². The summed E-state index contributed by atoms with van der Waals surface area (Å²) in [5, 5.41) is 10.2. The Bertz CT molecular complexity index is 664. The van der Waals surface area contributed by atoms with Gasteiger partial charge in [0.05, 0.1) is 16.7 Å². The second-order valence-electron chi connectivity index (χ2n) is 4.44. The lowest BCUT2D eigenvalue weighted by molar-refractivity contribution is 0.305. The molecule has 0 atom stereocenters. The monoisotopic (exact) mass is 349 g/mol. The summed E-state index contributed by atoms with van der Waals surface area (Å²) >= 11 is 9.56. The van der Waals surface area contributed by atoms with Crippen LogP contribution in [0.5, 0.6) is 5.75 Å². The number of hydrogen-bond donors (Lipinski definition) is 0. The molecule has 0 unspecified atom stereocenters. The highest BCUT2D eigenvalue weighted by atomic mass is 79.9. The molecule has 4 heteroatoms. The number of ether oxygens (including phenoxy) is 1. The number of hydrogen-bond acceptors (Lipinski definition) is 2. The Morgan fingerprint density at radius 3 is 2.65 bits per heavy atom. The maximum Gasteiger partial charge on any atom is 0.138 e. The number of halogens is 2. The van der Waals surface area contributed by atoms with Gasteiger partial charge in [-0.3, -0.25) is 0 Å². The highest BCUT2D eigenvalue weighted by Gasteiger charge is 2.05. The van der Waals surface area contributed by atoms with Crippen molar-refractivity contribution in [2.75, 3.05) is 0 Å². The van der Waals surface area contributed by atoms with Gasteiger partial charge in [0.1, 0.15) is 12.4 Å². The average Bonchev–Trinajstić information content (AvgIpc) is 2.46. The first kappa shape index (κ1) is 14.9. The van der Waals surface area contributed by atoms with Crippen LogP contribution in [0.25, 0.3) is 0 Å². The van der Waals surface area contributed by atoms with E-state index in [1.165, 1.54) is 0 Å². The number of aryl methyl sites for hydroxylation is 1. The Hall–Kier alpha value is -1.50. The van der Waals surface area contributed by atoms with Crippen LogP contribution >= 0.6 is 27.5 Å². The molecule has 0 aromatic heterocycles. The van der Waals surface area contributed by atoms with E-state index in [1.54, 1.807) is 6.07 Å². The molecule has 2 nitrogen and oxygen atoms in total. The third-order valence-corrected chi connectivity index (χ3v) is 3.95. The van der Waals surface area contributed by atoms with Crippen molar-refractivity contribution in [3.63, 3.8) is 0 Å². The molecule has 0 aliphatic rings. The van der Waals surface area contributed by atoms with E-state index in [4.69, 9.17) is 21.6 Å².